The molecule has 0 saturated carbocycles. The fraction of sp³-hybridized carbons (Fsp3) is 0.778. The highest BCUT2D eigenvalue weighted by Gasteiger charge is 2.09. The second-order valence-electron chi connectivity index (χ2n) is 2.40. The van der Waals surface area contributed by atoms with Crippen molar-refractivity contribution in [3.63, 3.8) is 0 Å². The van der Waals surface area contributed by atoms with Crippen LogP contribution in [0.3, 0.4) is 0 Å². The Hall–Kier alpha value is -0.0500. The van der Waals surface area contributed by atoms with E-state index < -0.39 is 0 Å². The van der Waals surface area contributed by atoms with Gasteiger partial charge in [-0.1, -0.05) is 31.0 Å². The molecule has 0 fully saturated rings. The van der Waals surface area contributed by atoms with E-state index in [1.807, 2.05) is 13.0 Å². The van der Waals surface area contributed by atoms with E-state index in [4.69, 9.17) is 21.1 Å². The third-order valence-corrected chi connectivity index (χ3v) is 1.72. The van der Waals surface area contributed by atoms with Crippen LogP contribution < -0.4 is 0 Å². The molecule has 0 aliphatic rings. The molecule has 0 aromatic rings. The molecule has 0 bridgehead atoms. The molecule has 1 atom stereocenters. The number of allylic oxidation sites excluding steroid dienone is 1. The van der Waals surface area contributed by atoms with Gasteiger partial charge in [0.05, 0.1) is 5.03 Å². The maximum absolute atomic E-state index is 5.92. The van der Waals surface area contributed by atoms with Gasteiger partial charge < -0.3 is 9.47 Å². The molecule has 2 nitrogen and oxygen atoms in total. The highest BCUT2D eigenvalue weighted by Crippen LogP contribution is 2.13. The molecule has 0 N–H and O–H groups in total. The summed E-state index contributed by atoms with van der Waals surface area (Å²) < 4.78 is 10.3. The zero-order chi connectivity index (χ0) is 9.40. The summed E-state index contributed by atoms with van der Waals surface area (Å²) in [5, 5.41) is 0.640. The van der Waals surface area contributed by atoms with Crippen LogP contribution in [0.25, 0.3) is 0 Å². The van der Waals surface area contributed by atoms with E-state index in [0.717, 1.165) is 12.8 Å². The van der Waals surface area contributed by atoms with Crippen molar-refractivity contribution in [3.8, 4) is 0 Å². The number of unbranched alkanes of at least 4 members (excludes halogenated alkanes) is 1. The van der Waals surface area contributed by atoms with Crippen molar-refractivity contribution in [1.29, 1.82) is 0 Å². The molecule has 12 heavy (non-hydrogen) atoms. The number of methoxy groups -OCH3 is 1. The third kappa shape index (κ3) is 4.75. The zero-order valence-corrected chi connectivity index (χ0v) is 8.73. The Morgan fingerprint density at radius 2 is 2.17 bits per heavy atom. The maximum Gasteiger partial charge on any atom is 0.193 e. The molecule has 0 saturated heterocycles. The lowest BCUT2D eigenvalue weighted by Gasteiger charge is -2.13. The van der Waals surface area contributed by atoms with Crippen molar-refractivity contribution < 1.29 is 9.47 Å². The summed E-state index contributed by atoms with van der Waals surface area (Å²) in [6, 6.07) is 0. The van der Waals surface area contributed by atoms with Crippen molar-refractivity contribution in [2.45, 2.75) is 33.0 Å². The van der Waals surface area contributed by atoms with Crippen LogP contribution in [0.2, 0.25) is 0 Å². The first-order chi connectivity index (χ1) is 5.76. The summed E-state index contributed by atoms with van der Waals surface area (Å²) in [5.41, 5.74) is 0. The average Bonchev–Trinajstić information content (AvgIpc) is 2.10. The minimum Gasteiger partial charge on any atom is -0.351 e. The summed E-state index contributed by atoms with van der Waals surface area (Å²) in [5.74, 6) is 0. The van der Waals surface area contributed by atoms with Crippen LogP contribution in [-0.2, 0) is 9.47 Å². The van der Waals surface area contributed by atoms with Gasteiger partial charge in [-0.3, -0.25) is 0 Å². The van der Waals surface area contributed by atoms with E-state index in [1.54, 1.807) is 7.11 Å². The minimum atomic E-state index is -0.386. The number of ether oxygens (including phenoxy) is 2. The van der Waals surface area contributed by atoms with Crippen molar-refractivity contribution >= 4 is 11.6 Å². The quantitative estimate of drug-likeness (QED) is 0.603. The van der Waals surface area contributed by atoms with E-state index in [9.17, 15) is 0 Å². The molecular formula is C9H17ClO2. The van der Waals surface area contributed by atoms with Crippen molar-refractivity contribution in [2.75, 3.05) is 13.7 Å². The molecule has 0 aliphatic carbocycles. The predicted molar refractivity (Wildman–Crippen MR) is 51.3 cm³/mol. The van der Waals surface area contributed by atoms with Crippen LogP contribution in [0.5, 0.6) is 0 Å². The second kappa shape index (κ2) is 7.59. The average molecular weight is 193 g/mol. The second-order valence-corrected chi connectivity index (χ2v) is 2.84. The van der Waals surface area contributed by atoms with Crippen LogP contribution >= 0.6 is 11.6 Å². The predicted octanol–water partition coefficient (Wildman–Crippen LogP) is 2.92. The molecule has 1 unspecified atom stereocenters. The SMILES string of the molecule is CCC/C=C(\Cl)C(OC)OCC. The lowest BCUT2D eigenvalue weighted by molar-refractivity contribution is -0.0893. The topological polar surface area (TPSA) is 18.5 Å². The van der Waals surface area contributed by atoms with Gasteiger partial charge in [-0.2, -0.15) is 0 Å². The molecular weight excluding hydrogens is 176 g/mol. The molecule has 72 valence electrons. The summed E-state index contributed by atoms with van der Waals surface area (Å²) >= 11 is 5.92. The van der Waals surface area contributed by atoms with E-state index in [-0.39, 0.29) is 6.29 Å². The summed E-state index contributed by atoms with van der Waals surface area (Å²) in [7, 11) is 1.59. The van der Waals surface area contributed by atoms with E-state index in [2.05, 4.69) is 6.92 Å². The molecule has 0 aliphatic heterocycles. The monoisotopic (exact) mass is 192 g/mol. The Balaban J connectivity index is 3.91. The van der Waals surface area contributed by atoms with E-state index in [0.29, 0.717) is 11.6 Å². The van der Waals surface area contributed by atoms with Crippen molar-refractivity contribution in [1.82, 2.24) is 0 Å². The largest absolute Gasteiger partial charge is 0.351 e. The van der Waals surface area contributed by atoms with Crippen LogP contribution in [0.4, 0.5) is 0 Å². The van der Waals surface area contributed by atoms with Gasteiger partial charge in [0, 0.05) is 13.7 Å². The molecule has 3 heteroatoms. The van der Waals surface area contributed by atoms with Gasteiger partial charge in [0.25, 0.3) is 0 Å². The number of rotatable bonds is 6. The van der Waals surface area contributed by atoms with Gasteiger partial charge in [-0.25, -0.2) is 0 Å². The first kappa shape index (κ1) is 11.9. The fourth-order valence-corrected chi connectivity index (χ4v) is 1.05. The third-order valence-electron chi connectivity index (χ3n) is 1.39. The normalized spacial score (nSPS) is 14.8. The van der Waals surface area contributed by atoms with Gasteiger partial charge in [-0.15, -0.1) is 0 Å². The van der Waals surface area contributed by atoms with Crippen molar-refractivity contribution in [2.24, 2.45) is 0 Å². The van der Waals surface area contributed by atoms with Gasteiger partial charge in [-0.05, 0) is 13.3 Å². The summed E-state index contributed by atoms with van der Waals surface area (Å²) in [6.07, 6.45) is 3.60. The number of hydrogen-bond acceptors (Lipinski definition) is 2. The van der Waals surface area contributed by atoms with Crippen LogP contribution in [-0.4, -0.2) is 20.0 Å². The van der Waals surface area contributed by atoms with Crippen LogP contribution in [0.1, 0.15) is 26.7 Å². The Bertz CT molecular complexity index is 134. The van der Waals surface area contributed by atoms with E-state index in [1.165, 1.54) is 0 Å². The summed E-state index contributed by atoms with van der Waals surface area (Å²) in [6.45, 7) is 4.62. The zero-order valence-electron chi connectivity index (χ0n) is 7.97. The smallest absolute Gasteiger partial charge is 0.193 e. The highest BCUT2D eigenvalue weighted by atomic mass is 35.5. The molecule has 0 spiro atoms. The lowest BCUT2D eigenvalue weighted by Crippen LogP contribution is -2.15. The first-order valence-electron chi connectivity index (χ1n) is 4.26. The molecule has 0 rings (SSSR count). The van der Waals surface area contributed by atoms with Gasteiger partial charge >= 0.3 is 0 Å². The fourth-order valence-electron chi connectivity index (χ4n) is 0.790. The first-order valence-corrected chi connectivity index (χ1v) is 4.64. The Kier molecular flexibility index (Phi) is 7.56. The molecule has 0 radical (unpaired) electrons. The van der Waals surface area contributed by atoms with Crippen LogP contribution in [0, 0.1) is 0 Å². The van der Waals surface area contributed by atoms with Gasteiger partial charge in [0.1, 0.15) is 0 Å². The molecule has 0 heterocycles. The molecule has 0 aromatic heterocycles. The molecule has 0 amide bonds. The van der Waals surface area contributed by atoms with Gasteiger partial charge in [0.15, 0.2) is 6.29 Å². The lowest BCUT2D eigenvalue weighted by atomic mass is 10.3. The number of halogens is 1. The minimum absolute atomic E-state index is 0.386. The van der Waals surface area contributed by atoms with Gasteiger partial charge in [0.2, 0.25) is 0 Å². The Morgan fingerprint density at radius 1 is 1.50 bits per heavy atom. The van der Waals surface area contributed by atoms with Crippen LogP contribution in [0.15, 0.2) is 11.1 Å². The standard InChI is InChI=1S/C9H17ClO2/c1-4-6-7-8(10)9(11-3)12-5-2/h7,9H,4-6H2,1-3H3/b8-7-. The number of hydrogen-bond donors (Lipinski definition) is 0. The van der Waals surface area contributed by atoms with E-state index >= 15 is 0 Å². The highest BCUT2D eigenvalue weighted by molar-refractivity contribution is 6.30. The summed E-state index contributed by atoms with van der Waals surface area (Å²) in [4.78, 5) is 0. The Labute approximate surface area is 79.5 Å². The van der Waals surface area contributed by atoms with Crippen molar-refractivity contribution in [3.05, 3.63) is 11.1 Å². The molecule has 0 aromatic carbocycles. The Morgan fingerprint density at radius 3 is 2.58 bits per heavy atom. The maximum atomic E-state index is 5.92.